The second kappa shape index (κ2) is 6.48. The molecule has 0 radical (unpaired) electrons. The maximum absolute atomic E-state index is 13.3. The second-order valence-electron chi connectivity index (χ2n) is 5.27. The zero-order valence-corrected chi connectivity index (χ0v) is 12.4. The smallest absolute Gasteiger partial charge is 0.166 e. The molecule has 0 heterocycles. The van der Waals surface area contributed by atoms with Crippen LogP contribution in [0.2, 0.25) is 0 Å². The van der Waals surface area contributed by atoms with E-state index in [-0.39, 0.29) is 17.9 Å². The van der Waals surface area contributed by atoms with E-state index in [1.165, 1.54) is 12.1 Å². The van der Waals surface area contributed by atoms with Gasteiger partial charge in [0.15, 0.2) is 11.6 Å². The van der Waals surface area contributed by atoms with Gasteiger partial charge in [-0.15, -0.1) is 0 Å². The molecule has 2 aromatic carbocycles. The van der Waals surface area contributed by atoms with Crippen LogP contribution >= 0.6 is 0 Å². The molecule has 0 aromatic heterocycles. The monoisotopic (exact) mass is 289 g/mol. The number of phenolic OH excluding ortho intramolecular Hbond substituents is 1. The first kappa shape index (κ1) is 15.2. The van der Waals surface area contributed by atoms with Crippen molar-refractivity contribution in [2.75, 3.05) is 5.32 Å². The maximum atomic E-state index is 13.3. The fourth-order valence-corrected chi connectivity index (χ4v) is 2.04. The summed E-state index contributed by atoms with van der Waals surface area (Å²) in [6.45, 7) is 5.96. The van der Waals surface area contributed by atoms with Crippen LogP contribution in [0.25, 0.3) is 0 Å². The number of hydrogen-bond donors (Lipinski definition) is 2. The summed E-state index contributed by atoms with van der Waals surface area (Å²) in [5.41, 5.74) is 1.69. The summed E-state index contributed by atoms with van der Waals surface area (Å²) in [6.07, 6.45) is 0.145. The number of ether oxygens (including phenoxy) is 1. The van der Waals surface area contributed by atoms with E-state index in [1.54, 1.807) is 6.07 Å². The van der Waals surface area contributed by atoms with E-state index < -0.39 is 5.82 Å². The lowest BCUT2D eigenvalue weighted by Gasteiger charge is -2.17. The van der Waals surface area contributed by atoms with Crippen molar-refractivity contribution in [3.05, 3.63) is 53.8 Å². The number of rotatable bonds is 5. The highest BCUT2D eigenvalue weighted by Crippen LogP contribution is 2.25. The van der Waals surface area contributed by atoms with Gasteiger partial charge in [0, 0.05) is 17.8 Å². The van der Waals surface area contributed by atoms with Crippen molar-refractivity contribution < 1.29 is 14.2 Å². The van der Waals surface area contributed by atoms with Crippen molar-refractivity contribution in [2.24, 2.45) is 0 Å². The largest absolute Gasteiger partial charge is 0.505 e. The van der Waals surface area contributed by atoms with Crippen LogP contribution in [0.1, 0.15) is 32.4 Å². The van der Waals surface area contributed by atoms with E-state index >= 15 is 0 Å². The molecular formula is C17H20FNO2. The predicted octanol–water partition coefficient (Wildman–Crippen LogP) is 4.49. The molecule has 2 N–H and O–H groups in total. The van der Waals surface area contributed by atoms with Gasteiger partial charge in [0.05, 0.1) is 6.10 Å². The molecule has 2 rings (SSSR count). The van der Waals surface area contributed by atoms with Crippen molar-refractivity contribution in [3.63, 3.8) is 0 Å². The van der Waals surface area contributed by atoms with E-state index in [0.717, 1.165) is 11.3 Å². The van der Waals surface area contributed by atoms with Crippen LogP contribution in [0.3, 0.4) is 0 Å². The minimum atomic E-state index is -0.632. The molecule has 0 amide bonds. The van der Waals surface area contributed by atoms with E-state index in [2.05, 4.69) is 5.32 Å². The summed E-state index contributed by atoms with van der Waals surface area (Å²) in [4.78, 5) is 0. The van der Waals surface area contributed by atoms with Gasteiger partial charge in [0.25, 0.3) is 0 Å². The lowest BCUT2D eigenvalue weighted by atomic mass is 10.1. The van der Waals surface area contributed by atoms with Crippen LogP contribution in [-0.4, -0.2) is 11.2 Å². The molecule has 1 atom stereocenters. The van der Waals surface area contributed by atoms with E-state index in [4.69, 9.17) is 4.74 Å². The number of hydrogen-bond acceptors (Lipinski definition) is 3. The van der Waals surface area contributed by atoms with Gasteiger partial charge in [-0.1, -0.05) is 12.1 Å². The first-order chi connectivity index (χ1) is 9.95. The van der Waals surface area contributed by atoms with Gasteiger partial charge in [-0.05, 0) is 50.6 Å². The van der Waals surface area contributed by atoms with Gasteiger partial charge in [-0.3, -0.25) is 0 Å². The Bertz CT molecular complexity index is 596. The van der Waals surface area contributed by atoms with Gasteiger partial charge < -0.3 is 15.2 Å². The minimum Gasteiger partial charge on any atom is -0.505 e. The van der Waals surface area contributed by atoms with Crippen LogP contribution in [0.15, 0.2) is 42.5 Å². The summed E-state index contributed by atoms with van der Waals surface area (Å²) in [5.74, 6) is -0.145. The number of nitrogens with one attached hydrogen (secondary N) is 1. The Kier molecular flexibility index (Phi) is 4.68. The topological polar surface area (TPSA) is 41.5 Å². The third kappa shape index (κ3) is 4.12. The molecule has 0 aliphatic heterocycles. The van der Waals surface area contributed by atoms with Crippen LogP contribution in [0, 0.1) is 5.82 Å². The van der Waals surface area contributed by atoms with Crippen molar-refractivity contribution in [2.45, 2.75) is 32.9 Å². The van der Waals surface area contributed by atoms with Crippen molar-refractivity contribution in [1.82, 2.24) is 0 Å². The van der Waals surface area contributed by atoms with Crippen LogP contribution in [-0.2, 0) is 0 Å². The van der Waals surface area contributed by atoms with Gasteiger partial charge in [0.1, 0.15) is 5.75 Å². The number of phenols is 1. The Morgan fingerprint density at radius 2 is 1.71 bits per heavy atom. The second-order valence-corrected chi connectivity index (χ2v) is 5.27. The molecule has 4 heteroatoms. The third-order valence-electron chi connectivity index (χ3n) is 3.08. The lowest BCUT2D eigenvalue weighted by molar-refractivity contribution is 0.242. The zero-order valence-electron chi connectivity index (χ0n) is 12.4. The lowest BCUT2D eigenvalue weighted by Crippen LogP contribution is -2.08. The van der Waals surface area contributed by atoms with Crippen molar-refractivity contribution in [1.29, 1.82) is 0 Å². The standard InChI is InChI=1S/C17H20FNO2/c1-11(2)21-15-7-4-13(5-8-15)12(3)19-14-6-9-17(20)16(18)10-14/h4-12,19-20H,1-3H3. The van der Waals surface area contributed by atoms with Gasteiger partial charge in [-0.25, -0.2) is 4.39 Å². The van der Waals surface area contributed by atoms with Gasteiger partial charge >= 0.3 is 0 Å². The van der Waals surface area contributed by atoms with Gasteiger partial charge in [0.2, 0.25) is 0 Å². The molecule has 0 spiro atoms. The highest BCUT2D eigenvalue weighted by Gasteiger charge is 2.08. The Morgan fingerprint density at radius 3 is 2.29 bits per heavy atom. The molecule has 0 aliphatic carbocycles. The summed E-state index contributed by atoms with van der Waals surface area (Å²) >= 11 is 0. The van der Waals surface area contributed by atoms with E-state index in [0.29, 0.717) is 5.69 Å². The number of halogens is 1. The number of anilines is 1. The first-order valence-electron chi connectivity index (χ1n) is 6.97. The molecule has 0 bridgehead atoms. The molecule has 0 saturated heterocycles. The molecule has 0 fully saturated rings. The average Bonchev–Trinajstić information content (AvgIpc) is 2.43. The van der Waals surface area contributed by atoms with Gasteiger partial charge in [-0.2, -0.15) is 0 Å². The van der Waals surface area contributed by atoms with Crippen molar-refractivity contribution in [3.8, 4) is 11.5 Å². The number of aromatic hydroxyl groups is 1. The van der Waals surface area contributed by atoms with Crippen LogP contribution in [0.4, 0.5) is 10.1 Å². The molecule has 1 unspecified atom stereocenters. The normalized spacial score (nSPS) is 12.2. The molecular weight excluding hydrogens is 269 g/mol. The summed E-state index contributed by atoms with van der Waals surface area (Å²) in [5, 5.41) is 12.4. The van der Waals surface area contributed by atoms with Crippen LogP contribution in [0.5, 0.6) is 11.5 Å². The Morgan fingerprint density at radius 1 is 1.05 bits per heavy atom. The fourth-order valence-electron chi connectivity index (χ4n) is 2.04. The predicted molar refractivity (Wildman–Crippen MR) is 82.3 cm³/mol. The maximum Gasteiger partial charge on any atom is 0.166 e. The zero-order chi connectivity index (χ0) is 15.4. The SMILES string of the molecule is CC(C)Oc1ccc(C(C)Nc2ccc(O)c(F)c2)cc1. The summed E-state index contributed by atoms with van der Waals surface area (Å²) in [7, 11) is 0. The molecule has 21 heavy (non-hydrogen) atoms. The highest BCUT2D eigenvalue weighted by molar-refractivity contribution is 5.48. The molecule has 3 nitrogen and oxygen atoms in total. The summed E-state index contributed by atoms with van der Waals surface area (Å²) < 4.78 is 18.9. The average molecular weight is 289 g/mol. The van der Waals surface area contributed by atoms with Crippen LogP contribution < -0.4 is 10.1 Å². The van der Waals surface area contributed by atoms with Crippen molar-refractivity contribution >= 4 is 5.69 Å². The fraction of sp³-hybridized carbons (Fsp3) is 0.294. The number of benzene rings is 2. The van der Waals surface area contributed by atoms with E-state index in [1.807, 2.05) is 45.0 Å². The molecule has 112 valence electrons. The third-order valence-corrected chi connectivity index (χ3v) is 3.08. The Hall–Kier alpha value is -2.23. The molecule has 0 aliphatic rings. The summed E-state index contributed by atoms with van der Waals surface area (Å²) in [6, 6.07) is 12.1. The highest BCUT2D eigenvalue weighted by atomic mass is 19.1. The minimum absolute atomic E-state index is 0.0158. The quantitative estimate of drug-likeness (QED) is 0.797. The molecule has 0 saturated carbocycles. The van der Waals surface area contributed by atoms with E-state index in [9.17, 15) is 9.50 Å². The molecule has 2 aromatic rings. The first-order valence-corrected chi connectivity index (χ1v) is 6.97. The Balaban J connectivity index is 2.05. The Labute approximate surface area is 124 Å².